The number of halogens is 4. The van der Waals surface area contributed by atoms with Crippen molar-refractivity contribution in [2.75, 3.05) is 6.54 Å². The van der Waals surface area contributed by atoms with Crippen molar-refractivity contribution in [2.24, 2.45) is 10.7 Å². The Morgan fingerprint density at radius 2 is 1.83 bits per heavy atom. The van der Waals surface area contributed by atoms with Crippen LogP contribution in [0.3, 0.4) is 0 Å². The average Bonchev–Trinajstić information content (AvgIpc) is 2.76. The lowest BCUT2D eigenvalue weighted by molar-refractivity contribution is -0.192. The Labute approximate surface area is 208 Å². The van der Waals surface area contributed by atoms with Crippen molar-refractivity contribution < 1.29 is 37.8 Å². The van der Waals surface area contributed by atoms with Crippen LogP contribution in [0, 0.1) is 0 Å². The van der Waals surface area contributed by atoms with E-state index in [0.717, 1.165) is 5.56 Å². The number of carboxylic acid groups (broad SMARTS) is 2. The van der Waals surface area contributed by atoms with Gasteiger partial charge in [-0.1, -0.05) is 23.7 Å². The van der Waals surface area contributed by atoms with Crippen molar-refractivity contribution in [1.29, 1.82) is 0 Å². The van der Waals surface area contributed by atoms with Crippen LogP contribution in [0.4, 0.5) is 13.2 Å². The highest BCUT2D eigenvalue weighted by molar-refractivity contribution is 6.30. The molecule has 10 nitrogen and oxygen atoms in total. The topological polar surface area (TPSA) is 164 Å². The van der Waals surface area contributed by atoms with Gasteiger partial charge in [0, 0.05) is 17.8 Å². The van der Waals surface area contributed by atoms with E-state index in [1.807, 2.05) is 6.07 Å². The molecule has 0 aliphatic heterocycles. The number of rotatable bonds is 9. The fourth-order valence-corrected chi connectivity index (χ4v) is 2.92. The first-order chi connectivity index (χ1) is 16.7. The van der Waals surface area contributed by atoms with Gasteiger partial charge < -0.3 is 25.8 Å². The molecule has 0 saturated heterocycles. The van der Waals surface area contributed by atoms with Gasteiger partial charge in [0.25, 0.3) is 11.5 Å². The molecule has 5 N–H and O–H groups in total. The van der Waals surface area contributed by atoms with Crippen LogP contribution >= 0.6 is 11.6 Å². The highest BCUT2D eigenvalue weighted by Gasteiger charge is 2.38. The number of aliphatic carboxylic acids is 2. The van der Waals surface area contributed by atoms with E-state index in [2.05, 4.69) is 10.3 Å². The summed E-state index contributed by atoms with van der Waals surface area (Å²) in [4.78, 5) is 49.5. The normalized spacial score (nSPS) is 12.2. The lowest BCUT2D eigenvalue weighted by Crippen LogP contribution is -2.43. The summed E-state index contributed by atoms with van der Waals surface area (Å²) in [5, 5.41) is 19.4. The fraction of sp³-hybridized carbons (Fsp3) is 0.318. The number of nitrogens with two attached hydrogens (primary N) is 1. The number of hydrogen-bond acceptors (Lipinski definition) is 5. The fourth-order valence-electron chi connectivity index (χ4n) is 2.71. The molecule has 36 heavy (non-hydrogen) atoms. The summed E-state index contributed by atoms with van der Waals surface area (Å²) in [6.45, 7) is 2.24. The largest absolute Gasteiger partial charge is 0.490 e. The summed E-state index contributed by atoms with van der Waals surface area (Å²) >= 11 is 5.97. The van der Waals surface area contributed by atoms with Gasteiger partial charge in [-0.2, -0.15) is 13.2 Å². The van der Waals surface area contributed by atoms with Gasteiger partial charge in [0.05, 0.1) is 12.4 Å². The summed E-state index contributed by atoms with van der Waals surface area (Å²) in [6.07, 6.45) is -2.93. The minimum atomic E-state index is -5.08. The van der Waals surface area contributed by atoms with Crippen molar-refractivity contribution in [1.82, 2.24) is 9.88 Å². The van der Waals surface area contributed by atoms with Crippen molar-refractivity contribution in [2.45, 2.75) is 38.5 Å². The molecule has 1 atom stereocenters. The molecule has 1 heterocycles. The average molecular weight is 533 g/mol. The van der Waals surface area contributed by atoms with E-state index in [-0.39, 0.29) is 18.5 Å². The third-order valence-corrected chi connectivity index (χ3v) is 4.60. The molecule has 0 aliphatic rings. The van der Waals surface area contributed by atoms with Crippen molar-refractivity contribution in [3.63, 3.8) is 0 Å². The number of carbonyl (C=O) groups excluding carboxylic acids is 1. The number of carbonyl (C=O) groups is 3. The van der Waals surface area contributed by atoms with Gasteiger partial charge in [-0.05, 0) is 49.6 Å². The Morgan fingerprint density at radius 3 is 2.36 bits per heavy atom. The molecule has 1 amide bonds. The highest BCUT2D eigenvalue weighted by atomic mass is 35.5. The zero-order chi connectivity index (χ0) is 27.5. The molecule has 0 unspecified atom stereocenters. The van der Waals surface area contributed by atoms with Crippen LogP contribution in [0.5, 0.6) is 0 Å². The molecule has 1 aromatic heterocycles. The standard InChI is InChI=1S/C20H23ClN4O4.C2HF3O2/c1-13(22)23-9-3-8-17(20(28)29)24-18(26)16-7-4-10-25(19(16)27)12-14-5-2-6-15(21)11-14;3-2(4,5)1(6)7/h2,4-7,10-11,17H,3,8-9,12H2,1H3,(H2,22,23)(H,24,26)(H,28,29);(H,6,7)/t17-;/m0./s1. The van der Waals surface area contributed by atoms with E-state index in [0.29, 0.717) is 23.8 Å². The number of carboxylic acids is 2. The van der Waals surface area contributed by atoms with Gasteiger partial charge in [0.2, 0.25) is 0 Å². The maximum absolute atomic E-state index is 12.7. The number of amides is 1. The Bertz CT molecular complexity index is 1160. The summed E-state index contributed by atoms with van der Waals surface area (Å²) in [6, 6.07) is 8.85. The number of benzene rings is 1. The number of aliphatic imine (C=N–C) groups is 1. The van der Waals surface area contributed by atoms with E-state index in [1.54, 1.807) is 37.4 Å². The molecule has 14 heteroatoms. The van der Waals surface area contributed by atoms with Crippen molar-refractivity contribution in [3.05, 3.63) is 69.1 Å². The molecule has 2 rings (SSSR count). The molecule has 196 valence electrons. The Kier molecular flexibility index (Phi) is 11.6. The van der Waals surface area contributed by atoms with E-state index in [4.69, 9.17) is 27.2 Å². The second-order valence-corrected chi connectivity index (χ2v) is 7.75. The third-order valence-electron chi connectivity index (χ3n) is 4.36. The first-order valence-corrected chi connectivity index (χ1v) is 10.6. The van der Waals surface area contributed by atoms with E-state index in [9.17, 15) is 32.7 Å². The molecule has 0 radical (unpaired) electrons. The molecular formula is C22H24ClF3N4O6. The Hall–Kier alpha value is -3.87. The van der Waals surface area contributed by atoms with Gasteiger partial charge in [-0.25, -0.2) is 9.59 Å². The SMILES string of the molecule is CC(N)=NCCC[C@H](NC(=O)c1cccn(Cc2cccc(Cl)c2)c1=O)C(=O)O.O=C(O)C(F)(F)F. The predicted octanol–water partition coefficient (Wildman–Crippen LogP) is 2.52. The van der Waals surface area contributed by atoms with Crippen LogP contribution in [-0.4, -0.2) is 57.2 Å². The van der Waals surface area contributed by atoms with Crippen molar-refractivity contribution in [3.8, 4) is 0 Å². The first-order valence-electron chi connectivity index (χ1n) is 10.3. The van der Waals surface area contributed by atoms with Crippen LogP contribution < -0.4 is 16.6 Å². The maximum Gasteiger partial charge on any atom is 0.490 e. The van der Waals surface area contributed by atoms with Gasteiger partial charge >= 0.3 is 18.1 Å². The van der Waals surface area contributed by atoms with Crippen molar-refractivity contribution >= 4 is 35.3 Å². The van der Waals surface area contributed by atoms with Crippen LogP contribution in [-0.2, 0) is 16.1 Å². The molecule has 0 saturated carbocycles. The minimum Gasteiger partial charge on any atom is -0.480 e. The number of aromatic nitrogens is 1. The quantitative estimate of drug-likeness (QED) is 0.219. The smallest absolute Gasteiger partial charge is 0.480 e. The zero-order valence-electron chi connectivity index (χ0n) is 19.0. The monoisotopic (exact) mass is 532 g/mol. The van der Waals surface area contributed by atoms with Crippen LogP contribution in [0.1, 0.15) is 35.7 Å². The zero-order valence-corrected chi connectivity index (χ0v) is 19.7. The second-order valence-electron chi connectivity index (χ2n) is 7.32. The summed E-state index contributed by atoms with van der Waals surface area (Å²) in [7, 11) is 0. The van der Waals surface area contributed by atoms with E-state index in [1.165, 1.54) is 10.6 Å². The first kappa shape index (κ1) is 30.2. The molecule has 0 bridgehead atoms. The van der Waals surface area contributed by atoms with Crippen LogP contribution in [0.15, 0.2) is 52.4 Å². The minimum absolute atomic E-state index is 0.128. The lowest BCUT2D eigenvalue weighted by atomic mass is 10.1. The van der Waals surface area contributed by atoms with Gasteiger partial charge in [0.1, 0.15) is 11.6 Å². The number of hydrogen-bond donors (Lipinski definition) is 4. The summed E-state index contributed by atoms with van der Waals surface area (Å²) in [5.41, 5.74) is 5.60. The molecular weight excluding hydrogens is 509 g/mol. The van der Waals surface area contributed by atoms with E-state index >= 15 is 0 Å². The lowest BCUT2D eigenvalue weighted by Gasteiger charge is -2.14. The molecule has 0 aliphatic carbocycles. The van der Waals surface area contributed by atoms with Crippen LogP contribution in [0.25, 0.3) is 0 Å². The second kappa shape index (κ2) is 13.9. The Morgan fingerprint density at radius 1 is 1.19 bits per heavy atom. The molecule has 1 aromatic carbocycles. The van der Waals surface area contributed by atoms with E-state index < -0.39 is 35.6 Å². The number of nitrogens with zero attached hydrogens (tertiary/aromatic N) is 2. The highest BCUT2D eigenvalue weighted by Crippen LogP contribution is 2.13. The van der Waals surface area contributed by atoms with Gasteiger partial charge in [0.15, 0.2) is 0 Å². The predicted molar refractivity (Wildman–Crippen MR) is 125 cm³/mol. The summed E-state index contributed by atoms with van der Waals surface area (Å²) < 4.78 is 33.1. The summed E-state index contributed by atoms with van der Waals surface area (Å²) in [5.74, 6) is -4.26. The maximum atomic E-state index is 12.7. The third kappa shape index (κ3) is 10.6. The number of alkyl halides is 3. The van der Waals surface area contributed by atoms with Gasteiger partial charge in [-0.15, -0.1) is 0 Å². The van der Waals surface area contributed by atoms with Crippen LogP contribution in [0.2, 0.25) is 5.02 Å². The molecule has 0 fully saturated rings. The number of pyridine rings is 1. The number of amidine groups is 1. The van der Waals surface area contributed by atoms with Gasteiger partial charge in [-0.3, -0.25) is 14.6 Å². The number of nitrogens with one attached hydrogen (secondary N) is 1. The molecule has 0 spiro atoms. The Balaban J connectivity index is 0.000000809. The molecule has 2 aromatic rings.